The van der Waals surface area contributed by atoms with E-state index in [0.29, 0.717) is 0 Å². The number of hydrogen-bond donors (Lipinski definition) is 0. The Labute approximate surface area is 158 Å². The summed E-state index contributed by atoms with van der Waals surface area (Å²) in [5, 5.41) is 2.07. The van der Waals surface area contributed by atoms with Crippen molar-refractivity contribution >= 4 is 51.4 Å². The Balaban J connectivity index is 1.60. The van der Waals surface area contributed by atoms with Gasteiger partial charge in [0.2, 0.25) is 0 Å². The maximum absolute atomic E-state index is 5.70. The maximum Gasteiger partial charge on any atom is 0.119 e. The van der Waals surface area contributed by atoms with Crippen LogP contribution in [0.2, 0.25) is 0 Å². The highest BCUT2D eigenvalue weighted by Crippen LogP contribution is 2.18. The van der Waals surface area contributed by atoms with E-state index in [4.69, 9.17) is 24.4 Å². The van der Waals surface area contributed by atoms with Gasteiger partial charge in [0, 0.05) is 51.5 Å². The molecule has 1 saturated heterocycles. The third kappa shape index (κ3) is 3.77. The smallest absolute Gasteiger partial charge is 0.119 e. The topological polar surface area (TPSA) is 9.72 Å². The molecule has 2 aromatic rings. The molecule has 1 fully saturated rings. The molecule has 1 aliphatic rings. The number of anilines is 1. The molecule has 6 heteroatoms. The SMILES string of the molecule is CN(C)c1ccc(C(=S)N2CCN(C(=S)c3cccs3)CC2)cc1. The fourth-order valence-electron chi connectivity index (χ4n) is 2.75. The quantitative estimate of drug-likeness (QED) is 0.758. The summed E-state index contributed by atoms with van der Waals surface area (Å²) in [6.07, 6.45) is 0. The van der Waals surface area contributed by atoms with E-state index in [9.17, 15) is 0 Å². The normalized spacial score (nSPS) is 14.6. The number of thiocarbonyl (C=S) groups is 2. The molecule has 3 rings (SSSR count). The highest BCUT2D eigenvalue weighted by Gasteiger charge is 2.22. The monoisotopic (exact) mass is 375 g/mol. The number of rotatable bonds is 3. The second-order valence-corrected chi connectivity index (χ2v) is 7.72. The van der Waals surface area contributed by atoms with Crippen molar-refractivity contribution in [3.8, 4) is 0 Å². The fourth-order valence-corrected chi connectivity index (χ4v) is 4.16. The van der Waals surface area contributed by atoms with Crippen LogP contribution in [0.1, 0.15) is 10.4 Å². The molecule has 1 aromatic heterocycles. The van der Waals surface area contributed by atoms with Gasteiger partial charge in [-0.05, 0) is 35.7 Å². The Kier molecular flexibility index (Phi) is 5.48. The van der Waals surface area contributed by atoms with E-state index in [1.165, 1.54) is 10.6 Å². The number of piperazine rings is 1. The summed E-state index contributed by atoms with van der Waals surface area (Å²) in [6.45, 7) is 3.68. The summed E-state index contributed by atoms with van der Waals surface area (Å²) >= 11 is 13.0. The molecule has 1 aliphatic heterocycles. The molecule has 0 N–H and O–H groups in total. The lowest BCUT2D eigenvalue weighted by atomic mass is 10.1. The highest BCUT2D eigenvalue weighted by atomic mass is 32.1. The summed E-state index contributed by atoms with van der Waals surface area (Å²) < 4.78 is 0. The van der Waals surface area contributed by atoms with Gasteiger partial charge < -0.3 is 14.7 Å². The summed E-state index contributed by atoms with van der Waals surface area (Å²) in [5.41, 5.74) is 2.30. The first-order valence-electron chi connectivity index (χ1n) is 7.95. The van der Waals surface area contributed by atoms with Gasteiger partial charge in [0.25, 0.3) is 0 Å². The fraction of sp³-hybridized carbons (Fsp3) is 0.333. The number of hydrogen-bond acceptors (Lipinski definition) is 4. The van der Waals surface area contributed by atoms with Crippen molar-refractivity contribution in [1.82, 2.24) is 9.80 Å². The van der Waals surface area contributed by atoms with Crippen molar-refractivity contribution in [3.63, 3.8) is 0 Å². The van der Waals surface area contributed by atoms with Crippen molar-refractivity contribution in [2.75, 3.05) is 45.2 Å². The molecule has 0 bridgehead atoms. The summed E-state index contributed by atoms with van der Waals surface area (Å²) in [4.78, 5) is 9.74. The van der Waals surface area contributed by atoms with Crippen LogP contribution in [0.4, 0.5) is 5.69 Å². The first-order valence-corrected chi connectivity index (χ1v) is 9.65. The van der Waals surface area contributed by atoms with Crippen molar-refractivity contribution in [3.05, 3.63) is 52.2 Å². The van der Waals surface area contributed by atoms with Crippen molar-refractivity contribution in [2.45, 2.75) is 0 Å². The van der Waals surface area contributed by atoms with Crippen molar-refractivity contribution < 1.29 is 0 Å². The first kappa shape index (κ1) is 17.3. The van der Waals surface area contributed by atoms with Gasteiger partial charge in [-0.2, -0.15) is 0 Å². The van der Waals surface area contributed by atoms with Crippen molar-refractivity contribution in [1.29, 1.82) is 0 Å². The van der Waals surface area contributed by atoms with Gasteiger partial charge in [0.15, 0.2) is 0 Å². The Morgan fingerprint density at radius 3 is 2.00 bits per heavy atom. The van der Waals surface area contributed by atoms with E-state index >= 15 is 0 Å². The first-order chi connectivity index (χ1) is 11.6. The van der Waals surface area contributed by atoms with Crippen LogP contribution in [-0.2, 0) is 0 Å². The molecule has 0 atom stereocenters. The molecule has 3 nitrogen and oxygen atoms in total. The van der Waals surface area contributed by atoms with E-state index in [2.05, 4.69) is 56.5 Å². The Bertz CT molecular complexity index is 700. The van der Waals surface area contributed by atoms with E-state index < -0.39 is 0 Å². The molecule has 126 valence electrons. The third-order valence-electron chi connectivity index (χ3n) is 4.22. The van der Waals surface area contributed by atoms with Gasteiger partial charge in [-0.1, -0.05) is 30.5 Å². The zero-order valence-corrected chi connectivity index (χ0v) is 16.4. The number of thiophene rings is 1. The van der Waals surface area contributed by atoms with Gasteiger partial charge in [-0.15, -0.1) is 11.3 Å². The van der Waals surface area contributed by atoms with Crippen LogP contribution in [0.15, 0.2) is 41.8 Å². The van der Waals surface area contributed by atoms with Gasteiger partial charge in [-0.25, -0.2) is 0 Å². The average molecular weight is 376 g/mol. The van der Waals surface area contributed by atoms with E-state index in [-0.39, 0.29) is 0 Å². The minimum Gasteiger partial charge on any atom is -0.378 e. The second kappa shape index (κ2) is 7.59. The van der Waals surface area contributed by atoms with Crippen LogP contribution in [0.25, 0.3) is 0 Å². The van der Waals surface area contributed by atoms with Gasteiger partial charge >= 0.3 is 0 Å². The summed E-state index contributed by atoms with van der Waals surface area (Å²) in [7, 11) is 4.09. The molecule has 0 saturated carbocycles. The lowest BCUT2D eigenvalue weighted by Crippen LogP contribution is -2.50. The molecular formula is C18H21N3S3. The van der Waals surface area contributed by atoms with Crippen LogP contribution < -0.4 is 4.90 Å². The third-order valence-corrected chi connectivity index (χ3v) is 6.19. The predicted octanol–water partition coefficient (Wildman–Crippen LogP) is 3.48. The van der Waals surface area contributed by atoms with Crippen LogP contribution in [0.3, 0.4) is 0 Å². The molecular weight excluding hydrogens is 354 g/mol. The van der Waals surface area contributed by atoms with Crippen LogP contribution in [-0.4, -0.2) is 60.1 Å². The zero-order chi connectivity index (χ0) is 17.1. The zero-order valence-electron chi connectivity index (χ0n) is 13.9. The van der Waals surface area contributed by atoms with Crippen LogP contribution >= 0.6 is 35.8 Å². The average Bonchev–Trinajstić information content (AvgIpc) is 3.15. The molecule has 0 spiro atoms. The van der Waals surface area contributed by atoms with Gasteiger partial charge in [0.05, 0.1) is 4.88 Å². The summed E-state index contributed by atoms with van der Waals surface area (Å²) in [6, 6.07) is 12.6. The molecule has 0 aliphatic carbocycles. The second-order valence-electron chi connectivity index (χ2n) is 6.00. The largest absolute Gasteiger partial charge is 0.378 e. The summed E-state index contributed by atoms with van der Waals surface area (Å²) in [5.74, 6) is 0. The lowest BCUT2D eigenvalue weighted by molar-refractivity contribution is 0.265. The number of nitrogens with zero attached hydrogens (tertiary/aromatic N) is 3. The number of benzene rings is 1. The van der Waals surface area contributed by atoms with E-state index in [1.54, 1.807) is 11.3 Å². The van der Waals surface area contributed by atoms with Crippen LogP contribution in [0, 0.1) is 0 Å². The van der Waals surface area contributed by atoms with E-state index in [1.807, 2.05) is 14.1 Å². The standard InChI is InChI=1S/C18H21N3S3/c1-19(2)15-7-5-14(6-8-15)17(22)20-9-11-21(12-10-20)18(23)16-4-3-13-24-16/h3-8,13H,9-12H2,1-2H3. The minimum atomic E-state index is 0.916. The minimum absolute atomic E-state index is 0.916. The van der Waals surface area contributed by atoms with Gasteiger partial charge in [-0.3, -0.25) is 0 Å². The molecule has 24 heavy (non-hydrogen) atoms. The Morgan fingerprint density at radius 2 is 1.50 bits per heavy atom. The van der Waals surface area contributed by atoms with Crippen molar-refractivity contribution in [2.24, 2.45) is 0 Å². The predicted molar refractivity (Wildman–Crippen MR) is 112 cm³/mol. The molecule has 1 aromatic carbocycles. The van der Waals surface area contributed by atoms with E-state index in [0.717, 1.165) is 41.7 Å². The Hall–Kier alpha value is -1.50. The molecule has 0 radical (unpaired) electrons. The maximum atomic E-state index is 5.70. The molecule has 2 heterocycles. The van der Waals surface area contributed by atoms with Crippen LogP contribution in [0.5, 0.6) is 0 Å². The molecule has 0 unspecified atom stereocenters. The van der Waals surface area contributed by atoms with Gasteiger partial charge in [0.1, 0.15) is 9.98 Å². The Morgan fingerprint density at radius 1 is 0.917 bits per heavy atom. The lowest BCUT2D eigenvalue weighted by Gasteiger charge is -2.37. The molecule has 0 amide bonds. The highest BCUT2D eigenvalue weighted by molar-refractivity contribution is 7.81.